The number of nitrogens with zero attached hydrogens (tertiary/aromatic N) is 1. The van der Waals surface area contributed by atoms with Crippen molar-refractivity contribution in [1.29, 1.82) is 0 Å². The van der Waals surface area contributed by atoms with Crippen molar-refractivity contribution < 1.29 is 14.5 Å². The van der Waals surface area contributed by atoms with Crippen LogP contribution in [0.3, 0.4) is 0 Å². The predicted molar refractivity (Wildman–Crippen MR) is 65.8 cm³/mol. The van der Waals surface area contributed by atoms with Gasteiger partial charge in [-0.05, 0) is 23.8 Å². The summed E-state index contributed by atoms with van der Waals surface area (Å²) in [6, 6.07) is 6.17. The quantitative estimate of drug-likeness (QED) is 0.606. The number of carbonyl (C=O) groups excluding carboxylic acids is 1. The first-order chi connectivity index (χ1) is 8.65. The molecule has 0 saturated carbocycles. The molecular weight excluding hydrogens is 234 g/mol. The second-order valence-electron chi connectivity index (χ2n) is 3.86. The van der Waals surface area contributed by atoms with Gasteiger partial charge in [0.05, 0.1) is 17.6 Å². The van der Waals surface area contributed by atoms with Crippen molar-refractivity contribution in [3.63, 3.8) is 0 Å². The number of allylic oxidation sites excluding steroid dienone is 1. The lowest BCUT2D eigenvalue weighted by Gasteiger charge is -2.14. The Kier molecular flexibility index (Phi) is 3.52. The van der Waals surface area contributed by atoms with Crippen molar-refractivity contribution in [3.05, 3.63) is 58.4 Å². The normalized spacial score (nSPS) is 18.9. The maximum Gasteiger partial charge on any atom is 0.269 e. The minimum atomic E-state index is -0.443. The van der Waals surface area contributed by atoms with Crippen LogP contribution in [0.25, 0.3) is 6.08 Å². The maximum atomic E-state index is 11.1. The number of ketones is 1. The highest BCUT2D eigenvalue weighted by Gasteiger charge is 2.13. The largest absolute Gasteiger partial charge is 0.493 e. The van der Waals surface area contributed by atoms with Crippen LogP contribution in [0.4, 0.5) is 5.69 Å². The van der Waals surface area contributed by atoms with Gasteiger partial charge in [0, 0.05) is 18.2 Å². The van der Waals surface area contributed by atoms with E-state index >= 15 is 0 Å². The van der Waals surface area contributed by atoms with Gasteiger partial charge in [-0.1, -0.05) is 6.08 Å². The highest BCUT2D eigenvalue weighted by molar-refractivity contribution is 5.90. The van der Waals surface area contributed by atoms with Gasteiger partial charge in [0.25, 0.3) is 5.69 Å². The van der Waals surface area contributed by atoms with E-state index in [1.165, 1.54) is 24.5 Å². The molecule has 5 heteroatoms. The summed E-state index contributed by atoms with van der Waals surface area (Å²) in [5.74, 6) is 0.0274. The van der Waals surface area contributed by atoms with Gasteiger partial charge in [0.2, 0.25) is 0 Å². The lowest BCUT2D eigenvalue weighted by Crippen LogP contribution is -2.15. The molecule has 0 saturated heterocycles. The molecule has 0 N–H and O–H groups in total. The van der Waals surface area contributed by atoms with Gasteiger partial charge in [-0.3, -0.25) is 14.9 Å². The molecule has 1 aliphatic rings. The molecule has 1 aromatic carbocycles. The molecule has 0 unspecified atom stereocenters. The molecule has 2 rings (SSSR count). The zero-order chi connectivity index (χ0) is 13.0. The fraction of sp³-hybridized carbons (Fsp3) is 0.154. The highest BCUT2D eigenvalue weighted by atomic mass is 16.6. The molecule has 0 spiro atoms. The summed E-state index contributed by atoms with van der Waals surface area (Å²) < 4.78 is 5.24. The number of nitro groups is 1. The van der Waals surface area contributed by atoms with Crippen LogP contribution in [0, 0.1) is 10.1 Å². The van der Waals surface area contributed by atoms with Gasteiger partial charge < -0.3 is 4.74 Å². The van der Waals surface area contributed by atoms with E-state index in [2.05, 4.69) is 0 Å². The molecule has 1 heterocycles. The molecule has 0 aromatic heterocycles. The van der Waals surface area contributed by atoms with Gasteiger partial charge in [-0.25, -0.2) is 0 Å². The van der Waals surface area contributed by atoms with Crippen molar-refractivity contribution >= 4 is 17.5 Å². The van der Waals surface area contributed by atoms with Crippen molar-refractivity contribution in [2.24, 2.45) is 0 Å². The molecule has 0 fully saturated rings. The molecular formula is C13H11NO4. The Morgan fingerprint density at radius 1 is 1.33 bits per heavy atom. The first-order valence-corrected chi connectivity index (χ1v) is 5.42. The van der Waals surface area contributed by atoms with E-state index < -0.39 is 4.92 Å². The zero-order valence-corrected chi connectivity index (χ0v) is 9.48. The van der Waals surface area contributed by atoms with Gasteiger partial charge in [-0.2, -0.15) is 0 Å². The molecule has 1 aliphatic heterocycles. The Labute approximate surface area is 104 Å². The Bertz CT molecular complexity index is 516. The molecule has 0 amide bonds. The molecule has 0 bridgehead atoms. The van der Waals surface area contributed by atoms with Gasteiger partial charge in [-0.15, -0.1) is 0 Å². The summed E-state index contributed by atoms with van der Waals surface area (Å²) in [5, 5.41) is 10.5. The van der Waals surface area contributed by atoms with Crippen molar-refractivity contribution in [2.75, 3.05) is 0 Å². The van der Waals surface area contributed by atoms with E-state index in [0.717, 1.165) is 5.56 Å². The zero-order valence-electron chi connectivity index (χ0n) is 9.48. The van der Waals surface area contributed by atoms with E-state index in [9.17, 15) is 14.9 Å². The highest BCUT2D eigenvalue weighted by Crippen LogP contribution is 2.15. The van der Waals surface area contributed by atoms with E-state index in [0.29, 0.717) is 6.42 Å². The first kappa shape index (κ1) is 12.0. The number of non-ortho nitro benzene ring substituents is 1. The summed E-state index contributed by atoms with van der Waals surface area (Å²) in [4.78, 5) is 21.2. The molecule has 0 radical (unpaired) electrons. The van der Waals surface area contributed by atoms with Crippen LogP contribution in [0.5, 0.6) is 0 Å². The average Bonchev–Trinajstić information content (AvgIpc) is 2.37. The number of carbonyl (C=O) groups is 1. The van der Waals surface area contributed by atoms with Gasteiger partial charge in [0.15, 0.2) is 5.78 Å². The van der Waals surface area contributed by atoms with Crippen LogP contribution in [0.1, 0.15) is 12.0 Å². The second kappa shape index (κ2) is 5.27. The minimum Gasteiger partial charge on any atom is -0.493 e. The number of rotatable bonds is 3. The summed E-state index contributed by atoms with van der Waals surface area (Å²) in [6.45, 7) is 0. The van der Waals surface area contributed by atoms with E-state index in [1.54, 1.807) is 24.3 Å². The standard InChI is InChI=1S/C13H11NO4/c15-12-7-8-18-13(9-12)6-3-10-1-4-11(5-2-10)14(16)17/h1-8,13H,9H2/b6-3+/t13-/m0/s1. The topological polar surface area (TPSA) is 69.4 Å². The molecule has 1 atom stereocenters. The summed E-state index contributed by atoms with van der Waals surface area (Å²) in [6.07, 6.45) is 6.38. The third-order valence-electron chi connectivity index (χ3n) is 2.52. The number of benzene rings is 1. The van der Waals surface area contributed by atoms with Crippen molar-refractivity contribution in [2.45, 2.75) is 12.5 Å². The lowest BCUT2D eigenvalue weighted by atomic mass is 10.1. The van der Waals surface area contributed by atoms with Crippen LogP contribution in [-0.4, -0.2) is 16.8 Å². The number of ether oxygens (including phenoxy) is 1. The predicted octanol–water partition coefficient (Wildman–Crippen LogP) is 2.48. The van der Waals surface area contributed by atoms with Crippen molar-refractivity contribution in [3.8, 4) is 0 Å². The van der Waals surface area contributed by atoms with Gasteiger partial charge >= 0.3 is 0 Å². The van der Waals surface area contributed by atoms with E-state index in [-0.39, 0.29) is 17.6 Å². The molecule has 92 valence electrons. The third-order valence-corrected chi connectivity index (χ3v) is 2.52. The first-order valence-electron chi connectivity index (χ1n) is 5.42. The Hall–Kier alpha value is -2.43. The SMILES string of the molecule is O=C1C=CO[C@@H](/C=C/c2ccc([N+](=O)[O-])cc2)C1. The van der Waals surface area contributed by atoms with E-state index in [4.69, 9.17) is 4.74 Å². The smallest absolute Gasteiger partial charge is 0.269 e. The maximum absolute atomic E-state index is 11.1. The Morgan fingerprint density at radius 3 is 2.67 bits per heavy atom. The molecule has 1 aromatic rings. The number of hydrogen-bond acceptors (Lipinski definition) is 4. The molecule has 0 aliphatic carbocycles. The summed E-state index contributed by atoms with van der Waals surface area (Å²) in [5.41, 5.74) is 0.880. The second-order valence-corrected chi connectivity index (χ2v) is 3.86. The van der Waals surface area contributed by atoms with Crippen LogP contribution in [0.2, 0.25) is 0 Å². The molecule has 5 nitrogen and oxygen atoms in total. The number of hydrogen-bond donors (Lipinski definition) is 0. The average molecular weight is 245 g/mol. The third kappa shape index (κ3) is 3.04. The van der Waals surface area contributed by atoms with Crippen LogP contribution >= 0.6 is 0 Å². The monoisotopic (exact) mass is 245 g/mol. The van der Waals surface area contributed by atoms with Crippen LogP contribution < -0.4 is 0 Å². The van der Waals surface area contributed by atoms with Crippen LogP contribution in [0.15, 0.2) is 42.7 Å². The van der Waals surface area contributed by atoms with Gasteiger partial charge in [0.1, 0.15) is 6.10 Å². The molecule has 18 heavy (non-hydrogen) atoms. The van der Waals surface area contributed by atoms with Crippen LogP contribution in [-0.2, 0) is 9.53 Å². The minimum absolute atomic E-state index is 0.0274. The fourth-order valence-corrected chi connectivity index (χ4v) is 1.57. The fourth-order valence-electron chi connectivity index (χ4n) is 1.57. The summed E-state index contributed by atoms with van der Waals surface area (Å²) in [7, 11) is 0. The number of nitro benzene ring substituents is 1. The Balaban J connectivity index is 2.03. The Morgan fingerprint density at radius 2 is 2.06 bits per heavy atom. The van der Waals surface area contributed by atoms with Crippen molar-refractivity contribution in [1.82, 2.24) is 0 Å². The lowest BCUT2D eigenvalue weighted by molar-refractivity contribution is -0.384. The summed E-state index contributed by atoms with van der Waals surface area (Å²) >= 11 is 0. The van der Waals surface area contributed by atoms with E-state index in [1.807, 2.05) is 0 Å².